The van der Waals surface area contributed by atoms with Crippen molar-refractivity contribution in [3.05, 3.63) is 0 Å². The molecule has 0 unspecified atom stereocenters. The van der Waals surface area contributed by atoms with E-state index in [9.17, 15) is 0 Å². The number of hydrogen-bond acceptors (Lipinski definition) is 4. The molecule has 0 fully saturated rings. The standard InChI is InChI=1S/4C3H9N.4H2O.Ti/c4*1-2-3-4;;;;;/h4*2-4H2,1H3;4*1H2;. The van der Waals surface area contributed by atoms with Crippen molar-refractivity contribution >= 4 is 0 Å². The van der Waals surface area contributed by atoms with Crippen LogP contribution in [0.4, 0.5) is 0 Å². The zero-order valence-electron chi connectivity index (χ0n) is 14.8. The van der Waals surface area contributed by atoms with Crippen LogP contribution in [-0.4, -0.2) is 48.1 Å². The summed E-state index contributed by atoms with van der Waals surface area (Å²) in [6.45, 7) is 12.8. The molecule has 0 amide bonds. The fraction of sp³-hybridized carbons (Fsp3) is 1.00. The van der Waals surface area contributed by atoms with E-state index in [1.165, 1.54) is 25.7 Å². The Labute approximate surface area is 146 Å². The average molecular weight is 356 g/mol. The van der Waals surface area contributed by atoms with Gasteiger partial charge in [-0.2, -0.15) is 0 Å². The molecule has 0 radical (unpaired) electrons. The molecule has 8 nitrogen and oxygen atoms in total. The van der Waals surface area contributed by atoms with Crippen LogP contribution in [-0.2, 0) is 21.7 Å². The van der Waals surface area contributed by atoms with Gasteiger partial charge in [-0.25, -0.2) is 0 Å². The molecule has 0 saturated heterocycles. The van der Waals surface area contributed by atoms with Crippen molar-refractivity contribution in [2.75, 3.05) is 26.2 Å². The third-order valence-corrected chi connectivity index (χ3v) is 1.41. The fourth-order valence-electron chi connectivity index (χ4n) is 0. The van der Waals surface area contributed by atoms with Crippen LogP contribution in [0, 0.1) is 0 Å². The maximum atomic E-state index is 3.60. The van der Waals surface area contributed by atoms with Crippen LogP contribution in [0.5, 0.6) is 0 Å². The van der Waals surface area contributed by atoms with Crippen molar-refractivity contribution in [2.24, 2.45) is 0 Å². The zero-order chi connectivity index (χ0) is 13.7. The van der Waals surface area contributed by atoms with E-state index >= 15 is 0 Å². The van der Waals surface area contributed by atoms with Gasteiger partial charge < -0.3 is 44.8 Å². The first kappa shape index (κ1) is 57.9. The van der Waals surface area contributed by atoms with Crippen molar-refractivity contribution < 1.29 is 66.6 Å². The van der Waals surface area contributed by atoms with Gasteiger partial charge >= 0.3 is 0 Å². The van der Waals surface area contributed by atoms with Gasteiger partial charge in [-0.3, -0.25) is 0 Å². The Balaban J connectivity index is -0.0000000121. The Bertz CT molecular complexity index is 57.2. The summed E-state index contributed by atoms with van der Waals surface area (Å²) in [5, 5.41) is 0. The van der Waals surface area contributed by atoms with E-state index in [1.54, 1.807) is 0 Å². The van der Waals surface area contributed by atoms with Crippen molar-refractivity contribution in [3.63, 3.8) is 0 Å². The second-order valence-corrected chi connectivity index (χ2v) is 3.41. The van der Waals surface area contributed by atoms with E-state index in [0.717, 1.165) is 26.2 Å². The minimum Gasteiger partial charge on any atom is -0.870 e. The Hall–Kier alpha value is 0.394. The van der Waals surface area contributed by atoms with E-state index in [4.69, 9.17) is 0 Å². The summed E-state index contributed by atoms with van der Waals surface area (Å²) in [5.41, 5.74) is 14.4. The van der Waals surface area contributed by atoms with Crippen molar-refractivity contribution in [3.8, 4) is 0 Å². The van der Waals surface area contributed by atoms with Gasteiger partial charge in [0.05, 0.1) is 26.2 Å². The Kier molecular flexibility index (Phi) is 300. The minimum atomic E-state index is 0. The van der Waals surface area contributed by atoms with Gasteiger partial charge in [0, 0.05) is 21.7 Å². The van der Waals surface area contributed by atoms with E-state index < -0.39 is 0 Å². The molecule has 0 atom stereocenters. The monoisotopic (exact) mass is 356 g/mol. The minimum absolute atomic E-state index is 0. The molecule has 0 aliphatic rings. The molecule has 0 rings (SSSR count). The van der Waals surface area contributed by atoms with Crippen LogP contribution in [0.2, 0.25) is 0 Å². The molecule has 0 aromatic heterocycles. The largest absolute Gasteiger partial charge is 0.870 e. The second-order valence-electron chi connectivity index (χ2n) is 3.41. The zero-order valence-corrected chi connectivity index (χ0v) is 16.3. The second kappa shape index (κ2) is 109. The number of hydrogen-bond donors (Lipinski definition) is 4. The maximum Gasteiger partial charge on any atom is 0.0737 e. The van der Waals surface area contributed by atoms with Crippen LogP contribution in [0.25, 0.3) is 0 Å². The van der Waals surface area contributed by atoms with Gasteiger partial charge in [0.2, 0.25) is 0 Å². The van der Waals surface area contributed by atoms with Crippen molar-refractivity contribution in [1.82, 2.24) is 0 Å². The molecule has 0 heterocycles. The number of quaternary nitrogens is 4. The first-order valence-corrected chi connectivity index (χ1v) is 6.83. The molecular formula is C12H44N4O4Ti. The SMILES string of the molecule is CCC[NH3+].CCC[NH3+].CCC[NH3+].CCC[NH3+].[OH-].[OH-].[OH-].[OH-].[Ti]. The molecule has 0 aromatic rings. The predicted molar refractivity (Wildman–Crippen MR) is 79.9 cm³/mol. The van der Waals surface area contributed by atoms with E-state index in [2.05, 4.69) is 50.6 Å². The smallest absolute Gasteiger partial charge is 0.0737 e. The van der Waals surface area contributed by atoms with E-state index in [1.807, 2.05) is 0 Å². The molecule has 0 aromatic carbocycles. The molecule has 21 heavy (non-hydrogen) atoms. The van der Waals surface area contributed by atoms with E-state index in [0.29, 0.717) is 0 Å². The fourth-order valence-corrected chi connectivity index (χ4v) is 0. The molecule has 9 heteroatoms. The molecule has 0 aliphatic heterocycles. The van der Waals surface area contributed by atoms with Gasteiger partial charge in [-0.1, -0.05) is 27.7 Å². The third kappa shape index (κ3) is 357. The summed E-state index contributed by atoms with van der Waals surface area (Å²) in [6.07, 6.45) is 4.83. The normalized spacial score (nSPS) is 5.71. The summed E-state index contributed by atoms with van der Waals surface area (Å²) in [5.74, 6) is 0. The average Bonchev–Trinajstić information content (AvgIpc) is 2.39. The summed E-state index contributed by atoms with van der Waals surface area (Å²) in [4.78, 5) is 0. The van der Waals surface area contributed by atoms with Gasteiger partial charge in [0.15, 0.2) is 0 Å². The molecular weight excluding hydrogens is 312 g/mol. The van der Waals surface area contributed by atoms with Gasteiger partial charge in [-0.15, -0.1) is 0 Å². The molecule has 140 valence electrons. The Morgan fingerprint density at radius 2 is 0.476 bits per heavy atom. The van der Waals surface area contributed by atoms with Gasteiger partial charge in [0.25, 0.3) is 0 Å². The summed E-state index contributed by atoms with van der Waals surface area (Å²) in [7, 11) is 0. The van der Waals surface area contributed by atoms with Gasteiger partial charge in [0.1, 0.15) is 0 Å². The summed E-state index contributed by atoms with van der Waals surface area (Å²) < 4.78 is 0. The predicted octanol–water partition coefficient (Wildman–Crippen LogP) is -2.16. The first-order valence-electron chi connectivity index (χ1n) is 6.83. The summed E-state index contributed by atoms with van der Waals surface area (Å²) >= 11 is 0. The quantitative estimate of drug-likeness (QED) is 0.412. The maximum absolute atomic E-state index is 3.60. The first-order chi connectivity index (χ1) is 7.66. The Morgan fingerprint density at radius 3 is 0.476 bits per heavy atom. The van der Waals surface area contributed by atoms with Crippen LogP contribution in [0.3, 0.4) is 0 Å². The van der Waals surface area contributed by atoms with E-state index in [-0.39, 0.29) is 43.6 Å². The van der Waals surface area contributed by atoms with Crippen LogP contribution in [0.1, 0.15) is 53.4 Å². The molecule has 0 aliphatic carbocycles. The number of rotatable bonds is 4. The molecule has 0 bridgehead atoms. The molecule has 0 saturated carbocycles. The van der Waals surface area contributed by atoms with Gasteiger partial charge in [-0.05, 0) is 25.7 Å². The van der Waals surface area contributed by atoms with Crippen molar-refractivity contribution in [1.29, 1.82) is 0 Å². The summed E-state index contributed by atoms with van der Waals surface area (Å²) in [6, 6.07) is 0. The van der Waals surface area contributed by atoms with Crippen LogP contribution in [0.15, 0.2) is 0 Å². The Morgan fingerprint density at radius 1 is 0.429 bits per heavy atom. The third-order valence-electron chi connectivity index (χ3n) is 1.41. The van der Waals surface area contributed by atoms with Crippen LogP contribution < -0.4 is 22.9 Å². The topological polar surface area (TPSA) is 231 Å². The molecule has 0 spiro atoms. The molecule has 16 N–H and O–H groups in total. The van der Waals surface area contributed by atoms with Crippen LogP contribution >= 0.6 is 0 Å². The van der Waals surface area contributed by atoms with Crippen molar-refractivity contribution in [2.45, 2.75) is 53.4 Å².